The molecule has 15 heavy (non-hydrogen) atoms. The van der Waals surface area contributed by atoms with Gasteiger partial charge in [-0.1, -0.05) is 39.5 Å². The van der Waals surface area contributed by atoms with Crippen molar-refractivity contribution in [3.63, 3.8) is 0 Å². The normalized spacial score (nSPS) is 11.8. The number of nitrogens with zero attached hydrogens (tertiary/aromatic N) is 1. The molecule has 0 amide bonds. The molecule has 0 fully saturated rings. The fraction of sp³-hybridized carbons (Fsp3) is 0.833. The van der Waals surface area contributed by atoms with Gasteiger partial charge < -0.3 is 10.7 Å². The molecule has 90 valence electrons. The van der Waals surface area contributed by atoms with Crippen LogP contribution in [0.1, 0.15) is 58.8 Å². The minimum Gasteiger partial charge on any atom is -0.401 e. The highest BCUT2D eigenvalue weighted by Gasteiger charge is 1.96. The van der Waals surface area contributed by atoms with E-state index in [0.717, 1.165) is 25.1 Å². The van der Waals surface area contributed by atoms with E-state index in [4.69, 9.17) is 11.6 Å². The summed E-state index contributed by atoms with van der Waals surface area (Å²) in [6.45, 7) is 5.29. The van der Waals surface area contributed by atoms with Crippen molar-refractivity contribution in [2.75, 3.05) is 6.54 Å². The van der Waals surface area contributed by atoms with E-state index in [1.54, 1.807) is 5.01 Å². The lowest BCUT2D eigenvalue weighted by Crippen LogP contribution is -2.27. The lowest BCUT2D eigenvalue weighted by molar-refractivity contribution is 0.375. The Bertz CT molecular complexity index is 166. The first-order valence-electron chi connectivity index (χ1n) is 6.18. The van der Waals surface area contributed by atoms with E-state index in [2.05, 4.69) is 13.8 Å². The summed E-state index contributed by atoms with van der Waals surface area (Å²) >= 11 is 0. The van der Waals surface area contributed by atoms with Gasteiger partial charge in [0.2, 0.25) is 0 Å². The van der Waals surface area contributed by atoms with Gasteiger partial charge in [0.25, 0.3) is 0 Å². The first kappa shape index (κ1) is 14.3. The molecule has 0 radical (unpaired) electrons. The molecule has 0 saturated carbocycles. The predicted octanol–water partition coefficient (Wildman–Crippen LogP) is 2.73. The number of hydrogen-bond acceptors (Lipinski definition) is 3. The number of unbranched alkanes of at least 4 members (excludes halogenated alkanes) is 4. The molecule has 3 nitrogen and oxygen atoms in total. The van der Waals surface area contributed by atoms with Crippen LogP contribution in [0.25, 0.3) is 0 Å². The van der Waals surface area contributed by atoms with Crippen LogP contribution in [0.5, 0.6) is 0 Å². The smallest absolute Gasteiger partial charge is 0.0342 e. The van der Waals surface area contributed by atoms with E-state index < -0.39 is 0 Å². The first-order valence-corrected chi connectivity index (χ1v) is 6.18. The Hall–Kier alpha value is -0.700. The van der Waals surface area contributed by atoms with Crippen LogP contribution in [0.4, 0.5) is 0 Å². The monoisotopic (exact) mass is 213 g/mol. The van der Waals surface area contributed by atoms with Crippen LogP contribution in [-0.2, 0) is 0 Å². The van der Waals surface area contributed by atoms with Gasteiger partial charge in [0.15, 0.2) is 0 Å². The van der Waals surface area contributed by atoms with Crippen LogP contribution in [0.3, 0.4) is 0 Å². The minimum atomic E-state index is 0.905. The molecule has 0 rings (SSSR count). The third-order valence-corrected chi connectivity index (χ3v) is 2.42. The van der Waals surface area contributed by atoms with Crippen molar-refractivity contribution < 1.29 is 0 Å². The highest BCUT2D eigenvalue weighted by atomic mass is 15.4. The molecular formula is C12H27N3. The third kappa shape index (κ3) is 9.60. The zero-order valence-electron chi connectivity index (χ0n) is 10.3. The van der Waals surface area contributed by atoms with Crippen molar-refractivity contribution in [2.45, 2.75) is 58.8 Å². The molecule has 3 heteroatoms. The van der Waals surface area contributed by atoms with Gasteiger partial charge in [0.05, 0.1) is 0 Å². The molecule has 0 unspecified atom stereocenters. The molecule has 0 aliphatic rings. The Morgan fingerprint density at radius 3 is 2.27 bits per heavy atom. The highest BCUT2D eigenvalue weighted by Crippen LogP contribution is 2.04. The number of nitrogens with two attached hydrogens (primary N) is 2. The summed E-state index contributed by atoms with van der Waals surface area (Å²) in [6, 6.07) is 0. The SMILES string of the molecule is CCCCC/C(N)=C/N(N)CCCCC. The van der Waals surface area contributed by atoms with Gasteiger partial charge in [-0.25, -0.2) is 5.84 Å². The summed E-state index contributed by atoms with van der Waals surface area (Å²) in [4.78, 5) is 0. The van der Waals surface area contributed by atoms with Gasteiger partial charge in [-0.15, -0.1) is 0 Å². The highest BCUT2D eigenvalue weighted by molar-refractivity contribution is 4.94. The van der Waals surface area contributed by atoms with Gasteiger partial charge in [-0.3, -0.25) is 0 Å². The van der Waals surface area contributed by atoms with Gasteiger partial charge in [-0.2, -0.15) is 0 Å². The Morgan fingerprint density at radius 2 is 1.67 bits per heavy atom. The van der Waals surface area contributed by atoms with E-state index in [9.17, 15) is 0 Å². The Morgan fingerprint density at radius 1 is 1.07 bits per heavy atom. The second kappa shape index (κ2) is 9.84. The molecule has 0 heterocycles. The largest absolute Gasteiger partial charge is 0.401 e. The van der Waals surface area contributed by atoms with E-state index in [0.29, 0.717) is 0 Å². The molecular weight excluding hydrogens is 186 g/mol. The molecule has 0 aromatic rings. The average molecular weight is 213 g/mol. The zero-order chi connectivity index (χ0) is 11.5. The van der Waals surface area contributed by atoms with Gasteiger partial charge in [0.1, 0.15) is 0 Å². The van der Waals surface area contributed by atoms with E-state index >= 15 is 0 Å². The van der Waals surface area contributed by atoms with E-state index in [-0.39, 0.29) is 0 Å². The molecule has 0 spiro atoms. The van der Waals surface area contributed by atoms with Crippen molar-refractivity contribution in [1.82, 2.24) is 5.01 Å². The van der Waals surface area contributed by atoms with Gasteiger partial charge >= 0.3 is 0 Å². The standard InChI is InChI=1S/C12H27N3/c1-3-5-7-9-12(13)11-15(14)10-8-6-4-2/h11H,3-10,13-14H2,1-2H3/b12-11-. The second-order valence-corrected chi connectivity index (χ2v) is 4.11. The quantitative estimate of drug-likeness (QED) is 0.352. The maximum absolute atomic E-state index is 5.86. The van der Waals surface area contributed by atoms with E-state index in [1.165, 1.54) is 32.1 Å². The molecule has 0 aromatic heterocycles. The van der Waals surface area contributed by atoms with Crippen LogP contribution in [0, 0.1) is 0 Å². The van der Waals surface area contributed by atoms with Crippen LogP contribution < -0.4 is 11.6 Å². The summed E-state index contributed by atoms with van der Waals surface area (Å²) in [7, 11) is 0. The molecule has 4 N–H and O–H groups in total. The maximum atomic E-state index is 5.86. The lowest BCUT2D eigenvalue weighted by Gasteiger charge is -2.14. The fourth-order valence-corrected chi connectivity index (χ4v) is 1.47. The molecule has 0 aliphatic heterocycles. The van der Waals surface area contributed by atoms with Crippen molar-refractivity contribution >= 4 is 0 Å². The van der Waals surface area contributed by atoms with Crippen molar-refractivity contribution in [2.24, 2.45) is 11.6 Å². The van der Waals surface area contributed by atoms with Gasteiger partial charge in [0, 0.05) is 18.4 Å². The van der Waals surface area contributed by atoms with E-state index in [1.807, 2.05) is 6.20 Å². The van der Waals surface area contributed by atoms with Crippen molar-refractivity contribution in [3.05, 3.63) is 11.9 Å². The number of hydrazine groups is 1. The Labute approximate surface area is 94.5 Å². The first-order chi connectivity index (χ1) is 7.20. The minimum absolute atomic E-state index is 0.905. The summed E-state index contributed by atoms with van der Waals surface area (Å²) < 4.78 is 0. The maximum Gasteiger partial charge on any atom is 0.0342 e. The summed E-state index contributed by atoms with van der Waals surface area (Å²) in [6.07, 6.45) is 10.1. The Balaban J connectivity index is 3.59. The summed E-state index contributed by atoms with van der Waals surface area (Å²) in [5.41, 5.74) is 6.76. The molecule has 0 saturated heterocycles. The van der Waals surface area contributed by atoms with Gasteiger partial charge in [-0.05, 0) is 19.3 Å². The van der Waals surface area contributed by atoms with Crippen LogP contribution in [0.15, 0.2) is 11.9 Å². The number of allylic oxidation sites excluding steroid dienone is 1. The van der Waals surface area contributed by atoms with Crippen LogP contribution in [-0.4, -0.2) is 11.6 Å². The molecule has 0 atom stereocenters. The molecule has 0 aliphatic carbocycles. The topological polar surface area (TPSA) is 55.3 Å². The summed E-state index contributed by atoms with van der Waals surface area (Å²) in [5, 5.41) is 1.72. The number of hydrogen-bond donors (Lipinski definition) is 2. The van der Waals surface area contributed by atoms with Crippen LogP contribution in [0.2, 0.25) is 0 Å². The summed E-state index contributed by atoms with van der Waals surface area (Å²) in [5.74, 6) is 5.80. The van der Waals surface area contributed by atoms with Crippen LogP contribution >= 0.6 is 0 Å². The fourth-order valence-electron chi connectivity index (χ4n) is 1.47. The third-order valence-electron chi connectivity index (χ3n) is 2.42. The lowest BCUT2D eigenvalue weighted by atomic mass is 10.2. The molecule has 0 aromatic carbocycles. The average Bonchev–Trinajstić information content (AvgIpc) is 2.18. The molecule has 0 bridgehead atoms. The van der Waals surface area contributed by atoms with Crippen molar-refractivity contribution in [1.29, 1.82) is 0 Å². The Kier molecular flexibility index (Phi) is 9.38. The van der Waals surface area contributed by atoms with Crippen molar-refractivity contribution in [3.8, 4) is 0 Å². The number of rotatable bonds is 9. The second-order valence-electron chi connectivity index (χ2n) is 4.11. The zero-order valence-corrected chi connectivity index (χ0v) is 10.3. The predicted molar refractivity (Wildman–Crippen MR) is 66.8 cm³/mol.